The molecule has 0 aromatic heterocycles. The van der Waals surface area contributed by atoms with Crippen molar-refractivity contribution in [2.45, 2.75) is 58.5 Å². The van der Waals surface area contributed by atoms with Crippen molar-refractivity contribution in [1.29, 1.82) is 0 Å². The maximum atomic E-state index is 11.6. The van der Waals surface area contributed by atoms with E-state index >= 15 is 0 Å². The predicted molar refractivity (Wildman–Crippen MR) is 57.3 cm³/mol. The first-order valence-corrected chi connectivity index (χ1v) is 5.88. The molecule has 0 spiro atoms. The van der Waals surface area contributed by atoms with Crippen LogP contribution in [-0.2, 0) is 9.53 Å². The molecule has 2 nitrogen and oxygen atoms in total. The summed E-state index contributed by atoms with van der Waals surface area (Å²) in [7, 11) is 0. The van der Waals surface area contributed by atoms with Crippen LogP contribution in [0.3, 0.4) is 0 Å². The Labute approximate surface area is 87.0 Å². The molecule has 0 aromatic carbocycles. The van der Waals surface area contributed by atoms with Gasteiger partial charge in [-0.15, -0.1) is 0 Å². The Bertz CT molecular complexity index is 173. The van der Waals surface area contributed by atoms with Crippen LogP contribution in [0.2, 0.25) is 0 Å². The van der Waals surface area contributed by atoms with Gasteiger partial charge in [0.05, 0.1) is 12.7 Å². The number of epoxide rings is 1. The number of hydrogen-bond acceptors (Lipinski definition) is 2. The molecule has 1 saturated heterocycles. The summed E-state index contributed by atoms with van der Waals surface area (Å²) >= 11 is 0. The van der Waals surface area contributed by atoms with Crippen molar-refractivity contribution in [3.8, 4) is 0 Å². The van der Waals surface area contributed by atoms with Crippen LogP contribution in [0.5, 0.6) is 0 Å². The molecule has 0 aliphatic carbocycles. The molecular formula is C12H22O2. The number of ketones is 1. The predicted octanol–water partition coefficient (Wildman–Crippen LogP) is 2.95. The fourth-order valence-electron chi connectivity index (χ4n) is 1.66. The van der Waals surface area contributed by atoms with Gasteiger partial charge in [0.2, 0.25) is 0 Å². The SMILES string of the molecule is CCCCC(C)C(=O)CCCC1CO1. The quantitative estimate of drug-likeness (QED) is 0.561. The Hall–Kier alpha value is -0.370. The summed E-state index contributed by atoms with van der Waals surface area (Å²) in [6.07, 6.45) is 6.76. The first-order valence-electron chi connectivity index (χ1n) is 5.88. The fourth-order valence-corrected chi connectivity index (χ4v) is 1.66. The number of carbonyl (C=O) groups excluding carboxylic acids is 1. The molecule has 1 aliphatic rings. The van der Waals surface area contributed by atoms with Gasteiger partial charge in [0.1, 0.15) is 5.78 Å². The molecular weight excluding hydrogens is 176 g/mol. The highest BCUT2D eigenvalue weighted by Crippen LogP contribution is 2.18. The van der Waals surface area contributed by atoms with Gasteiger partial charge in [0.25, 0.3) is 0 Å². The average Bonchev–Trinajstić information content (AvgIpc) is 2.97. The zero-order chi connectivity index (χ0) is 10.4. The lowest BCUT2D eigenvalue weighted by Gasteiger charge is -2.08. The van der Waals surface area contributed by atoms with Gasteiger partial charge in [-0.3, -0.25) is 4.79 Å². The monoisotopic (exact) mass is 198 g/mol. The number of carbonyl (C=O) groups is 1. The van der Waals surface area contributed by atoms with Gasteiger partial charge in [-0.25, -0.2) is 0 Å². The second-order valence-corrected chi connectivity index (χ2v) is 4.36. The third-order valence-corrected chi connectivity index (χ3v) is 2.89. The zero-order valence-electron chi connectivity index (χ0n) is 9.42. The number of hydrogen-bond donors (Lipinski definition) is 0. The minimum absolute atomic E-state index is 0.273. The number of unbranched alkanes of at least 4 members (excludes halogenated alkanes) is 1. The Morgan fingerprint density at radius 1 is 1.50 bits per heavy atom. The normalized spacial score (nSPS) is 22.0. The number of Topliss-reactive ketones (excluding diaryl/α,β-unsaturated/α-hetero) is 1. The van der Waals surface area contributed by atoms with Crippen molar-refractivity contribution < 1.29 is 9.53 Å². The minimum Gasteiger partial charge on any atom is -0.373 e. The summed E-state index contributed by atoms with van der Waals surface area (Å²) in [5, 5.41) is 0. The van der Waals surface area contributed by atoms with E-state index < -0.39 is 0 Å². The Morgan fingerprint density at radius 2 is 2.21 bits per heavy atom. The van der Waals surface area contributed by atoms with Crippen LogP contribution >= 0.6 is 0 Å². The van der Waals surface area contributed by atoms with E-state index in [4.69, 9.17) is 4.74 Å². The van der Waals surface area contributed by atoms with Crippen molar-refractivity contribution in [3.05, 3.63) is 0 Å². The van der Waals surface area contributed by atoms with E-state index in [0.29, 0.717) is 11.9 Å². The molecule has 1 heterocycles. The molecule has 1 aliphatic heterocycles. The highest BCUT2D eigenvalue weighted by molar-refractivity contribution is 5.80. The lowest BCUT2D eigenvalue weighted by Crippen LogP contribution is -2.10. The largest absolute Gasteiger partial charge is 0.373 e. The van der Waals surface area contributed by atoms with Crippen molar-refractivity contribution in [3.63, 3.8) is 0 Å². The van der Waals surface area contributed by atoms with Crippen LogP contribution in [0.4, 0.5) is 0 Å². The molecule has 1 fully saturated rings. The van der Waals surface area contributed by atoms with E-state index in [1.807, 2.05) is 0 Å². The van der Waals surface area contributed by atoms with Gasteiger partial charge in [0, 0.05) is 12.3 Å². The third-order valence-electron chi connectivity index (χ3n) is 2.89. The van der Waals surface area contributed by atoms with E-state index in [2.05, 4.69) is 13.8 Å². The summed E-state index contributed by atoms with van der Waals surface area (Å²) in [5.74, 6) is 0.717. The van der Waals surface area contributed by atoms with Gasteiger partial charge in [-0.1, -0.05) is 26.7 Å². The van der Waals surface area contributed by atoms with E-state index in [0.717, 1.165) is 32.3 Å². The molecule has 2 heteroatoms. The van der Waals surface area contributed by atoms with E-state index in [1.54, 1.807) is 0 Å². The molecule has 14 heavy (non-hydrogen) atoms. The summed E-state index contributed by atoms with van der Waals surface area (Å²) in [6, 6.07) is 0. The van der Waals surface area contributed by atoms with Gasteiger partial charge in [-0.05, 0) is 19.3 Å². The first kappa shape index (κ1) is 11.7. The highest BCUT2D eigenvalue weighted by Gasteiger charge is 2.22. The van der Waals surface area contributed by atoms with Crippen LogP contribution in [0, 0.1) is 5.92 Å². The number of rotatable bonds is 8. The molecule has 0 aromatic rings. The van der Waals surface area contributed by atoms with Crippen molar-refractivity contribution in [2.75, 3.05) is 6.61 Å². The lowest BCUT2D eigenvalue weighted by atomic mass is 9.96. The molecule has 0 N–H and O–H groups in total. The van der Waals surface area contributed by atoms with Gasteiger partial charge < -0.3 is 4.74 Å². The van der Waals surface area contributed by atoms with Crippen LogP contribution in [0.25, 0.3) is 0 Å². The molecule has 2 atom stereocenters. The van der Waals surface area contributed by atoms with Crippen LogP contribution in [0.15, 0.2) is 0 Å². The molecule has 0 amide bonds. The van der Waals surface area contributed by atoms with Crippen LogP contribution < -0.4 is 0 Å². The lowest BCUT2D eigenvalue weighted by molar-refractivity contribution is -0.122. The molecule has 2 unspecified atom stereocenters. The van der Waals surface area contributed by atoms with Gasteiger partial charge in [0.15, 0.2) is 0 Å². The van der Waals surface area contributed by atoms with Crippen molar-refractivity contribution >= 4 is 5.78 Å². The Kier molecular flexibility index (Phi) is 5.16. The Morgan fingerprint density at radius 3 is 2.79 bits per heavy atom. The topological polar surface area (TPSA) is 29.6 Å². The molecule has 0 saturated carbocycles. The van der Waals surface area contributed by atoms with Crippen molar-refractivity contribution in [1.82, 2.24) is 0 Å². The maximum absolute atomic E-state index is 11.6. The summed E-state index contributed by atoms with van der Waals surface area (Å²) < 4.78 is 5.10. The number of ether oxygens (including phenoxy) is 1. The summed E-state index contributed by atoms with van der Waals surface area (Å²) in [6.45, 7) is 5.15. The summed E-state index contributed by atoms with van der Waals surface area (Å²) in [4.78, 5) is 11.6. The van der Waals surface area contributed by atoms with Gasteiger partial charge >= 0.3 is 0 Å². The van der Waals surface area contributed by atoms with Gasteiger partial charge in [-0.2, -0.15) is 0 Å². The first-order chi connectivity index (χ1) is 6.74. The fraction of sp³-hybridized carbons (Fsp3) is 0.917. The third kappa shape index (κ3) is 4.75. The highest BCUT2D eigenvalue weighted by atomic mass is 16.6. The molecule has 1 rings (SSSR count). The molecule has 82 valence electrons. The Balaban J connectivity index is 2.00. The molecule has 0 bridgehead atoms. The average molecular weight is 198 g/mol. The van der Waals surface area contributed by atoms with E-state index in [1.165, 1.54) is 12.8 Å². The van der Waals surface area contributed by atoms with Crippen LogP contribution in [-0.4, -0.2) is 18.5 Å². The van der Waals surface area contributed by atoms with E-state index in [-0.39, 0.29) is 5.92 Å². The zero-order valence-corrected chi connectivity index (χ0v) is 9.42. The standard InChI is InChI=1S/C12H22O2/c1-3-4-6-10(2)12(13)8-5-7-11-9-14-11/h10-11H,3-9H2,1-2H3. The minimum atomic E-state index is 0.273. The smallest absolute Gasteiger partial charge is 0.135 e. The summed E-state index contributed by atoms with van der Waals surface area (Å²) in [5.41, 5.74) is 0. The van der Waals surface area contributed by atoms with E-state index in [9.17, 15) is 4.79 Å². The second kappa shape index (κ2) is 6.18. The van der Waals surface area contributed by atoms with Crippen molar-refractivity contribution in [2.24, 2.45) is 5.92 Å². The second-order valence-electron chi connectivity index (χ2n) is 4.36. The maximum Gasteiger partial charge on any atom is 0.135 e. The molecule has 0 radical (unpaired) electrons. The van der Waals surface area contributed by atoms with Crippen LogP contribution in [0.1, 0.15) is 52.4 Å².